The summed E-state index contributed by atoms with van der Waals surface area (Å²) in [6.45, 7) is 3.62. The van der Waals surface area contributed by atoms with E-state index >= 15 is 0 Å². The Balaban J connectivity index is 1.89. The van der Waals surface area contributed by atoms with E-state index in [9.17, 15) is 19.8 Å². The Morgan fingerprint density at radius 1 is 1.21 bits per heavy atom. The largest absolute Gasteiger partial charge is 0.451 e. The van der Waals surface area contributed by atoms with Crippen LogP contribution >= 0.6 is 0 Å². The minimum absolute atomic E-state index is 0.132. The molecule has 0 amide bonds. The molecule has 11 nitrogen and oxygen atoms in total. The topological polar surface area (TPSA) is 163 Å². The monoisotopic (exact) mass is 407 g/mol. The molecule has 1 fully saturated rings. The van der Waals surface area contributed by atoms with Gasteiger partial charge in [-0.1, -0.05) is 13.8 Å². The number of rotatable bonds is 8. The van der Waals surface area contributed by atoms with Crippen LogP contribution in [0.5, 0.6) is 0 Å². The predicted octanol–water partition coefficient (Wildman–Crippen LogP) is 0.109. The number of imidazole rings is 1. The van der Waals surface area contributed by atoms with E-state index < -0.39 is 36.6 Å². The summed E-state index contributed by atoms with van der Waals surface area (Å²) in [7, 11) is 0. The number of carbonyl (C=O) groups excluding carboxylic acids is 2. The van der Waals surface area contributed by atoms with E-state index in [0.29, 0.717) is 24.0 Å². The summed E-state index contributed by atoms with van der Waals surface area (Å²) >= 11 is 0. The zero-order valence-corrected chi connectivity index (χ0v) is 16.3. The van der Waals surface area contributed by atoms with E-state index in [2.05, 4.69) is 15.0 Å². The van der Waals surface area contributed by atoms with E-state index in [4.69, 9.17) is 15.2 Å². The van der Waals surface area contributed by atoms with Gasteiger partial charge in [0.1, 0.15) is 30.2 Å². The third-order valence-corrected chi connectivity index (χ3v) is 4.76. The van der Waals surface area contributed by atoms with Gasteiger partial charge in [-0.3, -0.25) is 14.2 Å². The molecule has 0 aliphatic carbocycles. The highest BCUT2D eigenvalue weighted by atomic mass is 16.6. The third-order valence-electron chi connectivity index (χ3n) is 4.76. The van der Waals surface area contributed by atoms with Gasteiger partial charge < -0.3 is 25.4 Å². The van der Waals surface area contributed by atoms with Crippen molar-refractivity contribution in [3.63, 3.8) is 0 Å². The fourth-order valence-electron chi connectivity index (χ4n) is 3.33. The van der Waals surface area contributed by atoms with Gasteiger partial charge in [0.2, 0.25) is 0 Å². The fraction of sp³-hybridized carbons (Fsp3) is 0.611. The third kappa shape index (κ3) is 4.07. The van der Waals surface area contributed by atoms with Gasteiger partial charge in [-0.05, 0) is 12.8 Å². The average molecular weight is 407 g/mol. The van der Waals surface area contributed by atoms with E-state index in [1.807, 2.05) is 13.8 Å². The van der Waals surface area contributed by atoms with Crippen LogP contribution in [0, 0.1) is 0 Å². The van der Waals surface area contributed by atoms with Crippen molar-refractivity contribution >= 4 is 28.7 Å². The lowest BCUT2D eigenvalue weighted by Crippen LogP contribution is -2.45. The smallest absolute Gasteiger partial charge is 0.306 e. The second kappa shape index (κ2) is 8.80. The normalized spacial score (nSPS) is 25.2. The number of esters is 1. The quantitative estimate of drug-likeness (QED) is 0.512. The SMILES string of the molecule is CCCC(=O)OC(C(=O)CCC)[C@H]1O[C@@H](n2cnc3c(N)ncnc32)[C@H](O)[C@@H]1O. The number of ether oxygens (including phenoxy) is 2. The van der Waals surface area contributed by atoms with Crippen molar-refractivity contribution in [3.05, 3.63) is 12.7 Å². The summed E-state index contributed by atoms with van der Waals surface area (Å²) in [6, 6.07) is 0. The molecule has 1 saturated heterocycles. The number of nitrogens with zero attached hydrogens (tertiary/aromatic N) is 4. The van der Waals surface area contributed by atoms with Gasteiger partial charge in [0, 0.05) is 12.8 Å². The first-order valence-electron chi connectivity index (χ1n) is 9.55. The molecule has 0 saturated carbocycles. The minimum Gasteiger partial charge on any atom is -0.451 e. The molecule has 2 aromatic rings. The van der Waals surface area contributed by atoms with Gasteiger partial charge in [-0.15, -0.1) is 0 Å². The zero-order valence-electron chi connectivity index (χ0n) is 16.3. The number of Topliss-reactive ketones (excluding diaryl/α,β-unsaturated/α-hetero) is 1. The van der Waals surface area contributed by atoms with Crippen LogP contribution in [0.2, 0.25) is 0 Å². The summed E-state index contributed by atoms with van der Waals surface area (Å²) < 4.78 is 12.5. The molecule has 0 bridgehead atoms. The molecule has 5 atom stereocenters. The molecule has 11 heteroatoms. The highest BCUT2D eigenvalue weighted by molar-refractivity contribution is 5.86. The molecule has 1 unspecified atom stereocenters. The molecule has 0 spiro atoms. The van der Waals surface area contributed by atoms with Crippen molar-refractivity contribution in [3.8, 4) is 0 Å². The molecule has 3 heterocycles. The molecule has 1 aliphatic rings. The zero-order chi connectivity index (χ0) is 21.1. The van der Waals surface area contributed by atoms with Crippen molar-refractivity contribution < 1.29 is 29.3 Å². The molecular formula is C18H25N5O6. The Labute approximate surface area is 166 Å². The number of nitrogen functional groups attached to an aromatic ring is 1. The van der Waals surface area contributed by atoms with E-state index in [-0.39, 0.29) is 24.4 Å². The van der Waals surface area contributed by atoms with Gasteiger partial charge in [-0.25, -0.2) is 15.0 Å². The van der Waals surface area contributed by atoms with Crippen molar-refractivity contribution in [2.24, 2.45) is 0 Å². The molecule has 0 radical (unpaired) electrons. The molecule has 158 valence electrons. The summed E-state index contributed by atoms with van der Waals surface area (Å²) in [5.41, 5.74) is 6.39. The Morgan fingerprint density at radius 2 is 1.93 bits per heavy atom. The van der Waals surface area contributed by atoms with Crippen molar-refractivity contribution in [1.29, 1.82) is 0 Å². The van der Waals surface area contributed by atoms with Gasteiger partial charge in [0.05, 0.1) is 6.33 Å². The van der Waals surface area contributed by atoms with Gasteiger partial charge in [0.15, 0.2) is 29.6 Å². The van der Waals surface area contributed by atoms with Crippen LogP contribution in [0.25, 0.3) is 11.2 Å². The van der Waals surface area contributed by atoms with Gasteiger partial charge in [0.25, 0.3) is 0 Å². The maximum absolute atomic E-state index is 12.6. The second-order valence-corrected chi connectivity index (χ2v) is 6.93. The number of hydrogen-bond donors (Lipinski definition) is 3. The van der Waals surface area contributed by atoms with Gasteiger partial charge >= 0.3 is 5.97 Å². The fourth-order valence-corrected chi connectivity index (χ4v) is 3.33. The summed E-state index contributed by atoms with van der Waals surface area (Å²) in [5.74, 6) is -0.789. The Kier molecular flexibility index (Phi) is 6.40. The highest BCUT2D eigenvalue weighted by Gasteiger charge is 2.50. The van der Waals surface area contributed by atoms with Crippen LogP contribution in [-0.2, 0) is 19.1 Å². The molecular weight excluding hydrogens is 382 g/mol. The highest BCUT2D eigenvalue weighted by Crippen LogP contribution is 2.34. The Bertz CT molecular complexity index is 887. The molecule has 0 aromatic carbocycles. The molecule has 2 aromatic heterocycles. The maximum atomic E-state index is 12.6. The number of carbonyl (C=O) groups is 2. The average Bonchev–Trinajstić information content (AvgIpc) is 3.23. The standard InChI is InChI=1S/C18H25N5O6/c1-3-5-9(24)14(28-10(25)6-4-2)15-12(26)13(27)18(29-15)23-8-22-11-16(19)20-7-21-17(11)23/h7-8,12-15,18,26-27H,3-6H2,1-2H3,(H2,19,20,21)/t12-,13+,14?,15-,18+/m0/s1. The van der Waals surface area contributed by atoms with E-state index in [1.54, 1.807) is 0 Å². The second-order valence-electron chi connectivity index (χ2n) is 6.93. The number of aliphatic hydroxyl groups is 2. The first-order chi connectivity index (χ1) is 13.9. The Hall–Kier alpha value is -2.63. The summed E-state index contributed by atoms with van der Waals surface area (Å²) in [5, 5.41) is 21.2. The molecule has 3 rings (SSSR count). The number of hydrogen-bond acceptors (Lipinski definition) is 10. The van der Waals surface area contributed by atoms with Crippen LogP contribution < -0.4 is 5.73 Å². The lowest BCUT2D eigenvalue weighted by Gasteiger charge is -2.24. The van der Waals surface area contributed by atoms with Crippen LogP contribution in [0.4, 0.5) is 5.82 Å². The molecule has 29 heavy (non-hydrogen) atoms. The van der Waals surface area contributed by atoms with Crippen molar-refractivity contribution in [2.45, 2.75) is 70.2 Å². The summed E-state index contributed by atoms with van der Waals surface area (Å²) in [6.07, 6.45) is -2.56. The van der Waals surface area contributed by atoms with Crippen molar-refractivity contribution in [1.82, 2.24) is 19.5 Å². The van der Waals surface area contributed by atoms with E-state index in [1.165, 1.54) is 17.2 Å². The first kappa shape index (κ1) is 21.1. The minimum atomic E-state index is -1.46. The Morgan fingerprint density at radius 3 is 2.62 bits per heavy atom. The summed E-state index contributed by atoms with van der Waals surface area (Å²) in [4.78, 5) is 36.6. The van der Waals surface area contributed by atoms with Crippen LogP contribution in [0.3, 0.4) is 0 Å². The lowest BCUT2D eigenvalue weighted by atomic mass is 9.99. The first-order valence-corrected chi connectivity index (χ1v) is 9.55. The van der Waals surface area contributed by atoms with E-state index in [0.717, 1.165) is 0 Å². The number of fused-ring (bicyclic) bond motifs is 1. The van der Waals surface area contributed by atoms with Gasteiger partial charge in [-0.2, -0.15) is 0 Å². The predicted molar refractivity (Wildman–Crippen MR) is 100 cm³/mol. The number of aliphatic hydroxyl groups excluding tert-OH is 2. The number of aromatic nitrogens is 4. The maximum Gasteiger partial charge on any atom is 0.306 e. The number of anilines is 1. The van der Waals surface area contributed by atoms with Crippen LogP contribution in [0.15, 0.2) is 12.7 Å². The number of ketones is 1. The van der Waals surface area contributed by atoms with Crippen LogP contribution in [-0.4, -0.2) is 65.9 Å². The number of nitrogens with two attached hydrogens (primary N) is 1. The molecule has 4 N–H and O–H groups in total. The molecule has 1 aliphatic heterocycles. The van der Waals surface area contributed by atoms with Crippen molar-refractivity contribution in [2.75, 3.05) is 5.73 Å². The van der Waals surface area contributed by atoms with Crippen LogP contribution in [0.1, 0.15) is 45.8 Å². The lowest BCUT2D eigenvalue weighted by molar-refractivity contribution is -0.169.